The average Bonchev–Trinajstić information content (AvgIpc) is 2.42. The van der Waals surface area contributed by atoms with E-state index in [1.54, 1.807) is 18.2 Å². The van der Waals surface area contributed by atoms with E-state index in [-0.39, 0.29) is 44.4 Å². The van der Waals surface area contributed by atoms with Crippen LogP contribution in [0.25, 0.3) is 0 Å². The van der Waals surface area contributed by atoms with Crippen LogP contribution >= 0.6 is 0 Å². The Bertz CT molecular complexity index is 436. The number of hydrogen-bond donors (Lipinski definition) is 1. The first kappa shape index (κ1) is 19.4. The minimum absolute atomic E-state index is 0. The topological polar surface area (TPSA) is 59.1 Å². The van der Waals surface area contributed by atoms with Crippen molar-refractivity contribution in [2.75, 3.05) is 6.54 Å². The number of amides is 1. The second kappa shape index (κ2) is 11.1. The summed E-state index contributed by atoms with van der Waals surface area (Å²) in [6, 6.07) is 4.90. The van der Waals surface area contributed by atoms with E-state index in [2.05, 4.69) is 17.2 Å². The van der Waals surface area contributed by atoms with Crippen LogP contribution in [-0.2, 0) is 32.7 Å². The van der Waals surface area contributed by atoms with E-state index in [4.69, 9.17) is 0 Å². The molecule has 0 unspecified atom stereocenters. The van der Waals surface area contributed by atoms with Crippen LogP contribution in [0.5, 0.6) is 0 Å². The Kier molecular flexibility index (Phi) is 10.8. The number of pyridine rings is 1. The summed E-state index contributed by atoms with van der Waals surface area (Å²) in [4.78, 5) is 27.0. The molecule has 1 amide bonds. The van der Waals surface area contributed by atoms with Crippen LogP contribution in [0.2, 0.25) is 0 Å². The van der Waals surface area contributed by atoms with Gasteiger partial charge >= 0.3 is 0 Å². The van der Waals surface area contributed by atoms with Crippen molar-refractivity contribution in [3.05, 3.63) is 36.5 Å². The molecule has 107 valence electrons. The first-order valence-electron chi connectivity index (χ1n) is 6.70. The van der Waals surface area contributed by atoms with Gasteiger partial charge in [-0.25, -0.2) is 4.98 Å². The largest absolute Gasteiger partial charge is 0.351 e. The number of hydrogen-bond acceptors (Lipinski definition) is 3. The smallest absolute Gasteiger partial charge is 0.269 e. The molecule has 1 heterocycles. The number of carbonyl (C=O) groups is 2. The fourth-order valence-electron chi connectivity index (χ4n) is 1.71. The van der Waals surface area contributed by atoms with Gasteiger partial charge in [0.05, 0.1) is 0 Å². The number of aromatic nitrogens is 1. The summed E-state index contributed by atoms with van der Waals surface area (Å²) in [6.45, 7) is 5.87. The zero-order valence-electron chi connectivity index (χ0n) is 12.0. The summed E-state index contributed by atoms with van der Waals surface area (Å²) >= 11 is 0. The molecule has 1 radical (unpaired) electrons. The van der Waals surface area contributed by atoms with Crippen molar-refractivity contribution in [1.82, 2.24) is 10.3 Å². The molecule has 0 bridgehead atoms. The zero-order valence-corrected chi connectivity index (χ0v) is 14.9. The van der Waals surface area contributed by atoms with Crippen molar-refractivity contribution in [2.24, 2.45) is 0 Å². The van der Waals surface area contributed by atoms with Crippen LogP contribution in [0.3, 0.4) is 0 Å². The van der Waals surface area contributed by atoms with Crippen LogP contribution in [0.1, 0.15) is 60.0 Å². The standard InChI is InChI=1S/C15H21N2O2.Y/c1-3-4-5-6-7-11-16-15(19)14-10-8-9-13(17-14)12(2)18;/h8-10H,1,3-7,11H2,2H3,(H,16,19);/q-1;. The Morgan fingerprint density at radius 1 is 1.15 bits per heavy atom. The Labute approximate surface area is 146 Å². The summed E-state index contributed by atoms with van der Waals surface area (Å²) in [7, 11) is 0. The summed E-state index contributed by atoms with van der Waals surface area (Å²) < 4.78 is 0. The Morgan fingerprint density at radius 2 is 1.80 bits per heavy atom. The Morgan fingerprint density at radius 3 is 2.45 bits per heavy atom. The molecule has 4 nitrogen and oxygen atoms in total. The van der Waals surface area contributed by atoms with Gasteiger partial charge in [-0.1, -0.05) is 25.3 Å². The second-order valence-electron chi connectivity index (χ2n) is 4.49. The van der Waals surface area contributed by atoms with E-state index in [9.17, 15) is 9.59 Å². The van der Waals surface area contributed by atoms with E-state index in [1.165, 1.54) is 6.92 Å². The van der Waals surface area contributed by atoms with Gasteiger partial charge in [0.25, 0.3) is 5.91 Å². The van der Waals surface area contributed by atoms with Gasteiger partial charge in [0.15, 0.2) is 5.78 Å². The molecule has 0 fully saturated rings. The third kappa shape index (κ3) is 7.25. The molecule has 0 spiro atoms. The number of nitrogens with zero attached hydrogens (tertiary/aromatic N) is 1. The zero-order chi connectivity index (χ0) is 14.1. The molecule has 20 heavy (non-hydrogen) atoms. The van der Waals surface area contributed by atoms with Gasteiger partial charge in [0, 0.05) is 46.2 Å². The molecule has 0 aliphatic heterocycles. The van der Waals surface area contributed by atoms with Gasteiger partial charge in [-0.3, -0.25) is 9.59 Å². The van der Waals surface area contributed by atoms with E-state index in [0.29, 0.717) is 17.9 Å². The molecule has 0 aromatic carbocycles. The molecule has 0 atom stereocenters. The molecule has 1 aromatic rings. The molecular formula is C15H21N2O2Y-. The molecule has 0 saturated heterocycles. The van der Waals surface area contributed by atoms with E-state index in [1.807, 2.05) is 0 Å². The monoisotopic (exact) mass is 350 g/mol. The number of nitrogens with one attached hydrogen (secondary N) is 1. The molecular weight excluding hydrogens is 329 g/mol. The maximum atomic E-state index is 11.8. The van der Waals surface area contributed by atoms with Crippen LogP contribution < -0.4 is 5.32 Å². The van der Waals surface area contributed by atoms with Gasteiger partial charge < -0.3 is 12.2 Å². The Balaban J connectivity index is 0.00000361. The van der Waals surface area contributed by atoms with Crippen LogP contribution in [0.4, 0.5) is 0 Å². The number of unbranched alkanes of at least 4 members (excludes halogenated alkanes) is 4. The van der Waals surface area contributed by atoms with Crippen LogP contribution in [-0.4, -0.2) is 23.2 Å². The van der Waals surface area contributed by atoms with Crippen molar-refractivity contribution >= 4 is 11.7 Å². The number of carbonyl (C=O) groups excluding carboxylic acids is 2. The molecule has 0 aliphatic carbocycles. The molecule has 1 rings (SSSR count). The van der Waals surface area contributed by atoms with Gasteiger partial charge in [-0.05, 0) is 18.6 Å². The van der Waals surface area contributed by atoms with Crippen LogP contribution in [0.15, 0.2) is 18.2 Å². The van der Waals surface area contributed by atoms with Gasteiger partial charge in [-0.15, -0.1) is 0 Å². The fourth-order valence-corrected chi connectivity index (χ4v) is 1.71. The molecule has 0 aliphatic rings. The van der Waals surface area contributed by atoms with Gasteiger partial charge in [-0.2, -0.15) is 6.42 Å². The second-order valence-corrected chi connectivity index (χ2v) is 4.49. The molecule has 1 N–H and O–H groups in total. The van der Waals surface area contributed by atoms with Crippen LogP contribution in [0, 0.1) is 6.92 Å². The van der Waals surface area contributed by atoms with Gasteiger partial charge in [0.1, 0.15) is 11.4 Å². The number of Topliss-reactive ketones (excluding diaryl/α,β-unsaturated/α-hetero) is 1. The average molecular weight is 350 g/mol. The SMILES string of the molecule is [CH2-]CCCCCCNC(=O)c1cccc(C(C)=O)n1.[Y]. The molecule has 1 aromatic heterocycles. The summed E-state index contributed by atoms with van der Waals surface area (Å²) in [5.41, 5.74) is 0.619. The molecule has 0 saturated carbocycles. The van der Waals surface area contributed by atoms with Crippen molar-refractivity contribution < 1.29 is 42.3 Å². The van der Waals surface area contributed by atoms with E-state index >= 15 is 0 Å². The number of rotatable bonds is 8. The third-order valence-corrected chi connectivity index (χ3v) is 2.80. The predicted molar refractivity (Wildman–Crippen MR) is 75.0 cm³/mol. The minimum atomic E-state index is -0.222. The van der Waals surface area contributed by atoms with Crippen molar-refractivity contribution in [1.29, 1.82) is 0 Å². The quantitative estimate of drug-likeness (QED) is 0.446. The first-order valence-corrected chi connectivity index (χ1v) is 6.70. The van der Waals surface area contributed by atoms with Crippen molar-refractivity contribution in [2.45, 2.75) is 39.0 Å². The van der Waals surface area contributed by atoms with E-state index < -0.39 is 0 Å². The molecule has 5 heteroatoms. The summed E-state index contributed by atoms with van der Waals surface area (Å²) in [5, 5.41) is 2.81. The normalized spacial score (nSPS) is 9.70. The van der Waals surface area contributed by atoms with Crippen molar-refractivity contribution in [3.8, 4) is 0 Å². The summed E-state index contributed by atoms with van der Waals surface area (Å²) in [5.74, 6) is -0.358. The van der Waals surface area contributed by atoms with E-state index in [0.717, 1.165) is 32.1 Å². The maximum Gasteiger partial charge on any atom is 0.269 e. The predicted octanol–water partition coefficient (Wildman–Crippen LogP) is 2.80. The van der Waals surface area contributed by atoms with Crippen molar-refractivity contribution in [3.63, 3.8) is 0 Å². The number of ketones is 1. The third-order valence-electron chi connectivity index (χ3n) is 2.80. The fraction of sp³-hybridized carbons (Fsp3) is 0.467. The Hall–Kier alpha value is -0.606. The minimum Gasteiger partial charge on any atom is -0.351 e. The van der Waals surface area contributed by atoms with Gasteiger partial charge in [0.2, 0.25) is 0 Å². The summed E-state index contributed by atoms with van der Waals surface area (Å²) in [6.07, 6.45) is 5.30. The first-order chi connectivity index (χ1) is 9.15. The maximum absolute atomic E-state index is 11.8.